The zero-order valence-electron chi connectivity index (χ0n) is 16.7. The van der Waals surface area contributed by atoms with Gasteiger partial charge >= 0.3 is 0 Å². The number of methoxy groups -OCH3 is 1. The molecule has 2 heterocycles. The van der Waals surface area contributed by atoms with Crippen LogP contribution in [0.1, 0.15) is 13.8 Å². The van der Waals surface area contributed by atoms with Crippen LogP contribution < -0.4 is 4.74 Å². The first kappa shape index (κ1) is 21.0. The molecule has 0 aromatic heterocycles. The minimum Gasteiger partial charge on any atom is -0.497 e. The third-order valence-corrected chi connectivity index (χ3v) is 7.07. The fourth-order valence-electron chi connectivity index (χ4n) is 3.70. The highest BCUT2D eigenvalue weighted by molar-refractivity contribution is 7.89. The Balaban J connectivity index is 1.54. The van der Waals surface area contributed by atoms with Gasteiger partial charge in [-0.1, -0.05) is 0 Å². The fraction of sp³-hybridized carbons (Fsp3) is 0.632. The fourth-order valence-corrected chi connectivity index (χ4v) is 5.12. The highest BCUT2D eigenvalue weighted by Crippen LogP contribution is 2.21. The number of amides is 1. The highest BCUT2D eigenvalue weighted by atomic mass is 32.2. The van der Waals surface area contributed by atoms with E-state index in [1.54, 1.807) is 31.4 Å². The Kier molecular flexibility index (Phi) is 6.59. The summed E-state index contributed by atoms with van der Waals surface area (Å²) in [6, 6.07) is 6.41. The third-order valence-electron chi connectivity index (χ3n) is 5.16. The van der Waals surface area contributed by atoms with Crippen LogP contribution in [-0.2, 0) is 19.6 Å². The van der Waals surface area contributed by atoms with Crippen molar-refractivity contribution in [2.24, 2.45) is 0 Å². The van der Waals surface area contributed by atoms with E-state index in [4.69, 9.17) is 9.47 Å². The smallest absolute Gasteiger partial charge is 0.243 e. The number of ether oxygens (including phenoxy) is 2. The van der Waals surface area contributed by atoms with Crippen molar-refractivity contribution in [3.63, 3.8) is 0 Å². The van der Waals surface area contributed by atoms with E-state index in [0.717, 1.165) is 0 Å². The minimum atomic E-state index is -3.53. The van der Waals surface area contributed by atoms with Crippen LogP contribution in [0.15, 0.2) is 29.2 Å². The Bertz CT molecular complexity index is 765. The Labute approximate surface area is 167 Å². The van der Waals surface area contributed by atoms with Crippen LogP contribution in [0.5, 0.6) is 5.75 Å². The van der Waals surface area contributed by atoms with E-state index in [1.807, 2.05) is 23.6 Å². The largest absolute Gasteiger partial charge is 0.497 e. The van der Waals surface area contributed by atoms with Crippen molar-refractivity contribution >= 4 is 15.9 Å². The van der Waals surface area contributed by atoms with Crippen LogP contribution in [-0.4, -0.2) is 93.6 Å². The van der Waals surface area contributed by atoms with Gasteiger partial charge < -0.3 is 14.4 Å². The molecule has 0 unspecified atom stereocenters. The van der Waals surface area contributed by atoms with Crippen molar-refractivity contribution in [2.45, 2.75) is 31.0 Å². The molecular weight excluding hydrogens is 382 g/mol. The summed E-state index contributed by atoms with van der Waals surface area (Å²) in [6.07, 6.45) is 0.0818. The van der Waals surface area contributed by atoms with Crippen LogP contribution in [0.3, 0.4) is 0 Å². The van der Waals surface area contributed by atoms with E-state index < -0.39 is 10.0 Å². The summed E-state index contributed by atoms with van der Waals surface area (Å²) in [5.41, 5.74) is 0. The molecule has 0 spiro atoms. The average Bonchev–Trinajstić information content (AvgIpc) is 2.67. The third kappa shape index (κ3) is 4.83. The molecular formula is C19H29N3O5S. The van der Waals surface area contributed by atoms with Gasteiger partial charge in [-0.15, -0.1) is 0 Å². The van der Waals surface area contributed by atoms with Crippen LogP contribution in [0, 0.1) is 0 Å². The van der Waals surface area contributed by atoms with Crippen molar-refractivity contribution in [2.75, 3.05) is 52.9 Å². The first-order valence-corrected chi connectivity index (χ1v) is 11.0. The maximum atomic E-state index is 12.8. The van der Waals surface area contributed by atoms with Crippen LogP contribution >= 0.6 is 0 Å². The van der Waals surface area contributed by atoms with E-state index in [9.17, 15) is 13.2 Å². The van der Waals surface area contributed by atoms with Crippen molar-refractivity contribution in [3.05, 3.63) is 24.3 Å². The maximum Gasteiger partial charge on any atom is 0.243 e. The topological polar surface area (TPSA) is 79.4 Å². The Morgan fingerprint density at radius 2 is 1.64 bits per heavy atom. The van der Waals surface area contributed by atoms with Gasteiger partial charge in [0.05, 0.1) is 30.8 Å². The number of hydrogen-bond donors (Lipinski definition) is 0. The summed E-state index contributed by atoms with van der Waals surface area (Å²) in [6.45, 7) is 7.29. The van der Waals surface area contributed by atoms with Gasteiger partial charge in [0.25, 0.3) is 0 Å². The maximum absolute atomic E-state index is 12.8. The molecule has 0 bridgehead atoms. The van der Waals surface area contributed by atoms with Gasteiger partial charge in [-0.05, 0) is 38.1 Å². The lowest BCUT2D eigenvalue weighted by molar-refractivity contribution is -0.144. The second-order valence-electron chi connectivity index (χ2n) is 7.41. The lowest BCUT2D eigenvalue weighted by Gasteiger charge is -2.38. The molecule has 28 heavy (non-hydrogen) atoms. The Morgan fingerprint density at radius 1 is 1.07 bits per heavy atom. The SMILES string of the molecule is COc1ccc(S(=O)(=O)N2CCN(CC(=O)N3C[C@@H](C)O[C@@H](C)C3)CC2)cc1. The Morgan fingerprint density at radius 3 is 2.18 bits per heavy atom. The molecule has 2 fully saturated rings. The van der Waals surface area contributed by atoms with Crippen molar-refractivity contribution in [1.29, 1.82) is 0 Å². The number of benzene rings is 1. The summed E-state index contributed by atoms with van der Waals surface area (Å²) in [5.74, 6) is 0.697. The molecule has 1 aromatic carbocycles. The number of carbonyl (C=O) groups excluding carboxylic acids is 1. The molecule has 1 aromatic rings. The molecule has 2 atom stereocenters. The molecule has 156 valence electrons. The predicted octanol–water partition coefficient (Wildman–Crippen LogP) is 0.637. The standard InChI is InChI=1S/C19H29N3O5S/c1-15-12-21(13-16(2)27-15)19(23)14-20-8-10-22(11-9-20)28(24,25)18-6-4-17(26-3)5-7-18/h4-7,15-16H,8-14H2,1-3H3/t15-,16+. The summed E-state index contributed by atoms with van der Waals surface area (Å²) >= 11 is 0. The van der Waals surface area contributed by atoms with E-state index in [1.165, 1.54) is 4.31 Å². The van der Waals surface area contributed by atoms with E-state index in [2.05, 4.69) is 0 Å². The molecule has 2 aliphatic rings. The molecule has 9 heteroatoms. The van der Waals surface area contributed by atoms with E-state index in [0.29, 0.717) is 51.6 Å². The van der Waals surface area contributed by atoms with Crippen molar-refractivity contribution in [1.82, 2.24) is 14.1 Å². The number of carbonyl (C=O) groups is 1. The summed E-state index contributed by atoms with van der Waals surface area (Å²) in [4.78, 5) is 16.7. The van der Waals surface area contributed by atoms with Crippen molar-refractivity contribution < 1.29 is 22.7 Å². The number of hydrogen-bond acceptors (Lipinski definition) is 6. The monoisotopic (exact) mass is 411 g/mol. The first-order valence-electron chi connectivity index (χ1n) is 9.59. The average molecular weight is 412 g/mol. The molecule has 8 nitrogen and oxygen atoms in total. The number of rotatable bonds is 5. The number of morpholine rings is 1. The predicted molar refractivity (Wildman–Crippen MR) is 105 cm³/mol. The molecule has 0 aliphatic carbocycles. The summed E-state index contributed by atoms with van der Waals surface area (Å²) < 4.78 is 37.9. The second kappa shape index (κ2) is 8.77. The minimum absolute atomic E-state index is 0.0409. The van der Waals surface area contributed by atoms with E-state index >= 15 is 0 Å². The number of nitrogens with zero attached hydrogens (tertiary/aromatic N) is 3. The first-order chi connectivity index (χ1) is 13.3. The van der Waals surface area contributed by atoms with Gasteiger partial charge in [0.1, 0.15) is 5.75 Å². The van der Waals surface area contributed by atoms with Gasteiger partial charge in [0.15, 0.2) is 0 Å². The van der Waals surface area contributed by atoms with Gasteiger partial charge in [0, 0.05) is 39.3 Å². The van der Waals surface area contributed by atoms with Crippen LogP contribution in [0.2, 0.25) is 0 Å². The molecule has 0 N–H and O–H groups in total. The van der Waals surface area contributed by atoms with Crippen LogP contribution in [0.25, 0.3) is 0 Å². The molecule has 0 radical (unpaired) electrons. The highest BCUT2D eigenvalue weighted by Gasteiger charge is 2.31. The molecule has 3 rings (SSSR count). The second-order valence-corrected chi connectivity index (χ2v) is 9.35. The lowest BCUT2D eigenvalue weighted by Crippen LogP contribution is -2.54. The normalized spacial score (nSPS) is 24.9. The molecule has 0 saturated carbocycles. The molecule has 2 saturated heterocycles. The van der Waals surface area contributed by atoms with Gasteiger partial charge in [-0.3, -0.25) is 9.69 Å². The van der Waals surface area contributed by atoms with Gasteiger partial charge in [-0.25, -0.2) is 8.42 Å². The van der Waals surface area contributed by atoms with E-state index in [-0.39, 0.29) is 23.0 Å². The van der Waals surface area contributed by atoms with Crippen LogP contribution in [0.4, 0.5) is 0 Å². The number of sulfonamides is 1. The van der Waals surface area contributed by atoms with Gasteiger partial charge in [-0.2, -0.15) is 4.31 Å². The summed E-state index contributed by atoms with van der Waals surface area (Å²) in [5, 5.41) is 0. The zero-order chi connectivity index (χ0) is 20.3. The Hall–Kier alpha value is -1.68. The number of piperazine rings is 1. The van der Waals surface area contributed by atoms with Crippen molar-refractivity contribution in [3.8, 4) is 5.75 Å². The van der Waals surface area contributed by atoms with Gasteiger partial charge in [0.2, 0.25) is 15.9 Å². The lowest BCUT2D eigenvalue weighted by atomic mass is 10.2. The molecule has 2 aliphatic heterocycles. The molecule has 1 amide bonds. The summed E-state index contributed by atoms with van der Waals surface area (Å²) in [7, 11) is -1.99. The zero-order valence-corrected chi connectivity index (χ0v) is 17.5. The quantitative estimate of drug-likeness (QED) is 0.707.